The van der Waals surface area contributed by atoms with E-state index in [1.807, 2.05) is 19.9 Å². The molecule has 0 unspecified atom stereocenters. The second kappa shape index (κ2) is 5.02. The van der Waals surface area contributed by atoms with E-state index >= 15 is 0 Å². The summed E-state index contributed by atoms with van der Waals surface area (Å²) in [6, 6.07) is 1.93. The van der Waals surface area contributed by atoms with E-state index in [1.54, 1.807) is 0 Å². The minimum atomic E-state index is -0.342. The summed E-state index contributed by atoms with van der Waals surface area (Å²) in [5.74, 6) is 0.801. The molecule has 2 heterocycles. The van der Waals surface area contributed by atoms with Crippen molar-refractivity contribution in [2.24, 2.45) is 0 Å². The maximum absolute atomic E-state index is 12.6. The van der Waals surface area contributed by atoms with Gasteiger partial charge in [0.05, 0.1) is 17.7 Å². The fourth-order valence-electron chi connectivity index (χ4n) is 3.43. The Balaban J connectivity index is 1.96. The van der Waals surface area contributed by atoms with Crippen molar-refractivity contribution in [3.8, 4) is 5.75 Å². The van der Waals surface area contributed by atoms with Crippen LogP contribution in [0.15, 0.2) is 6.07 Å². The van der Waals surface area contributed by atoms with Gasteiger partial charge in [-0.3, -0.25) is 4.79 Å². The maximum Gasteiger partial charge on any atom is 0.170 e. The molecule has 0 bridgehead atoms. The number of hydrogen-bond acceptors (Lipinski definition) is 4. The molecule has 1 spiro atoms. The number of fused-ring (bicyclic) bond motifs is 1. The fraction of sp³-hybridized carbons (Fsp3) is 0.588. The highest BCUT2D eigenvalue weighted by Crippen LogP contribution is 2.43. The summed E-state index contributed by atoms with van der Waals surface area (Å²) in [5, 5.41) is 0. The van der Waals surface area contributed by atoms with Crippen LogP contribution >= 0.6 is 0 Å². The standard InChI is InChI=1S/C17H24N2O2/c1-4-19-7-5-17(6-8-19)10-14(20)13-9-11(2)12(3)15(18)16(13)21-17/h9H,4-8,10,18H2,1-3H3. The first kappa shape index (κ1) is 14.4. The van der Waals surface area contributed by atoms with Crippen LogP contribution in [0.1, 0.15) is 47.7 Å². The molecule has 1 aromatic rings. The van der Waals surface area contributed by atoms with E-state index in [0.29, 0.717) is 23.4 Å². The average Bonchev–Trinajstić information content (AvgIpc) is 2.48. The molecule has 0 atom stereocenters. The summed E-state index contributed by atoms with van der Waals surface area (Å²) in [6.07, 6.45) is 2.29. The van der Waals surface area contributed by atoms with Gasteiger partial charge in [-0.15, -0.1) is 0 Å². The summed E-state index contributed by atoms with van der Waals surface area (Å²) >= 11 is 0. The fourth-order valence-corrected chi connectivity index (χ4v) is 3.43. The zero-order valence-electron chi connectivity index (χ0n) is 13.2. The number of hydrogen-bond donors (Lipinski definition) is 1. The maximum atomic E-state index is 12.6. The largest absolute Gasteiger partial charge is 0.484 e. The summed E-state index contributed by atoms with van der Waals surface area (Å²) in [7, 11) is 0. The lowest BCUT2D eigenvalue weighted by atomic mass is 9.81. The van der Waals surface area contributed by atoms with Gasteiger partial charge in [-0.25, -0.2) is 0 Å². The Morgan fingerprint density at radius 2 is 2.00 bits per heavy atom. The van der Waals surface area contributed by atoms with Crippen molar-refractivity contribution in [1.29, 1.82) is 0 Å². The number of Topliss-reactive ketones (excluding diaryl/α,β-unsaturated/α-hetero) is 1. The molecule has 3 rings (SSSR count). The SMILES string of the molecule is CCN1CCC2(CC1)CC(=O)c1cc(C)c(C)c(N)c1O2. The highest BCUT2D eigenvalue weighted by atomic mass is 16.5. The predicted octanol–water partition coefficient (Wildman–Crippen LogP) is 2.71. The number of nitrogen functional groups attached to an aromatic ring is 1. The predicted molar refractivity (Wildman–Crippen MR) is 84.0 cm³/mol. The van der Waals surface area contributed by atoms with Gasteiger partial charge in [0.25, 0.3) is 0 Å². The van der Waals surface area contributed by atoms with Crippen LogP contribution in [0.5, 0.6) is 5.75 Å². The lowest BCUT2D eigenvalue weighted by Crippen LogP contribution is -2.51. The van der Waals surface area contributed by atoms with E-state index in [-0.39, 0.29) is 11.4 Å². The van der Waals surface area contributed by atoms with E-state index in [1.165, 1.54) is 0 Å². The number of ether oxygens (including phenoxy) is 1. The Hall–Kier alpha value is -1.55. The highest BCUT2D eigenvalue weighted by molar-refractivity contribution is 6.02. The lowest BCUT2D eigenvalue weighted by Gasteiger charge is -2.44. The number of carbonyl (C=O) groups excluding carboxylic acids is 1. The van der Waals surface area contributed by atoms with Crippen molar-refractivity contribution >= 4 is 11.5 Å². The second-order valence-corrected chi connectivity index (χ2v) is 6.43. The number of rotatable bonds is 1. The molecular weight excluding hydrogens is 264 g/mol. The number of benzene rings is 1. The molecule has 2 aliphatic rings. The van der Waals surface area contributed by atoms with Gasteiger partial charge in [0.1, 0.15) is 5.60 Å². The molecule has 0 saturated carbocycles. The minimum absolute atomic E-state index is 0.177. The van der Waals surface area contributed by atoms with Crippen LogP contribution in [0.4, 0.5) is 5.69 Å². The summed E-state index contributed by atoms with van der Waals surface area (Å²) in [4.78, 5) is 15.0. The molecule has 1 aromatic carbocycles. The van der Waals surface area contributed by atoms with Gasteiger partial charge in [-0.1, -0.05) is 6.92 Å². The van der Waals surface area contributed by atoms with Crippen LogP contribution < -0.4 is 10.5 Å². The number of aryl methyl sites for hydroxylation is 1. The molecule has 0 amide bonds. The Kier molecular flexibility index (Phi) is 3.44. The molecular formula is C17H24N2O2. The number of carbonyl (C=O) groups is 1. The van der Waals surface area contributed by atoms with Crippen molar-refractivity contribution in [3.05, 3.63) is 22.8 Å². The zero-order valence-corrected chi connectivity index (χ0v) is 13.2. The smallest absolute Gasteiger partial charge is 0.170 e. The van der Waals surface area contributed by atoms with Gasteiger partial charge in [0.2, 0.25) is 0 Å². The molecule has 2 N–H and O–H groups in total. The number of likely N-dealkylation sites (tertiary alicyclic amines) is 1. The first-order chi connectivity index (χ1) is 9.96. The van der Waals surface area contributed by atoms with Gasteiger partial charge in [0.15, 0.2) is 11.5 Å². The van der Waals surface area contributed by atoms with Crippen molar-refractivity contribution in [3.63, 3.8) is 0 Å². The number of piperidine rings is 1. The molecule has 0 aliphatic carbocycles. The number of nitrogens with two attached hydrogens (primary N) is 1. The highest BCUT2D eigenvalue weighted by Gasteiger charge is 2.43. The van der Waals surface area contributed by atoms with Crippen LogP contribution in [0.25, 0.3) is 0 Å². The lowest BCUT2D eigenvalue weighted by molar-refractivity contribution is -0.00730. The van der Waals surface area contributed by atoms with Gasteiger partial charge in [-0.05, 0) is 37.6 Å². The van der Waals surface area contributed by atoms with Crippen LogP contribution in [0.3, 0.4) is 0 Å². The molecule has 4 heteroatoms. The van der Waals surface area contributed by atoms with Crippen molar-refractivity contribution < 1.29 is 9.53 Å². The van der Waals surface area contributed by atoms with E-state index in [9.17, 15) is 4.79 Å². The molecule has 0 radical (unpaired) electrons. The number of nitrogens with zero attached hydrogens (tertiary/aromatic N) is 1. The van der Waals surface area contributed by atoms with E-state index < -0.39 is 0 Å². The molecule has 1 saturated heterocycles. The number of anilines is 1. The molecule has 114 valence electrons. The minimum Gasteiger partial charge on any atom is -0.484 e. The van der Waals surface area contributed by atoms with E-state index in [4.69, 9.17) is 10.5 Å². The second-order valence-electron chi connectivity index (χ2n) is 6.43. The normalized spacial score (nSPS) is 21.2. The van der Waals surface area contributed by atoms with Gasteiger partial charge < -0.3 is 15.4 Å². The third-order valence-electron chi connectivity index (χ3n) is 5.16. The van der Waals surface area contributed by atoms with Crippen LogP contribution in [0, 0.1) is 13.8 Å². The monoisotopic (exact) mass is 288 g/mol. The van der Waals surface area contributed by atoms with Crippen molar-refractivity contribution in [2.75, 3.05) is 25.4 Å². The Morgan fingerprint density at radius 3 is 2.62 bits per heavy atom. The van der Waals surface area contributed by atoms with Crippen LogP contribution in [0.2, 0.25) is 0 Å². The third-order valence-corrected chi connectivity index (χ3v) is 5.16. The Morgan fingerprint density at radius 1 is 1.33 bits per heavy atom. The van der Waals surface area contributed by atoms with Gasteiger partial charge >= 0.3 is 0 Å². The Bertz CT molecular complexity index is 587. The van der Waals surface area contributed by atoms with E-state index in [2.05, 4.69) is 11.8 Å². The van der Waals surface area contributed by atoms with Gasteiger partial charge in [-0.2, -0.15) is 0 Å². The Labute approximate surface area is 126 Å². The first-order valence-corrected chi connectivity index (χ1v) is 7.80. The summed E-state index contributed by atoms with van der Waals surface area (Å²) < 4.78 is 6.32. The topological polar surface area (TPSA) is 55.6 Å². The third kappa shape index (κ3) is 2.31. The summed E-state index contributed by atoms with van der Waals surface area (Å²) in [5.41, 5.74) is 9.25. The summed E-state index contributed by atoms with van der Waals surface area (Å²) in [6.45, 7) is 9.18. The van der Waals surface area contributed by atoms with Crippen molar-refractivity contribution in [1.82, 2.24) is 4.90 Å². The molecule has 1 fully saturated rings. The average molecular weight is 288 g/mol. The number of ketones is 1. The first-order valence-electron chi connectivity index (χ1n) is 7.80. The zero-order chi connectivity index (χ0) is 15.2. The van der Waals surface area contributed by atoms with Crippen LogP contribution in [-0.2, 0) is 0 Å². The van der Waals surface area contributed by atoms with Crippen molar-refractivity contribution in [2.45, 2.75) is 45.6 Å². The molecule has 2 aliphatic heterocycles. The quantitative estimate of drug-likeness (QED) is 0.807. The molecule has 4 nitrogen and oxygen atoms in total. The van der Waals surface area contributed by atoms with E-state index in [0.717, 1.165) is 43.6 Å². The van der Waals surface area contributed by atoms with Gasteiger partial charge in [0, 0.05) is 25.9 Å². The van der Waals surface area contributed by atoms with Crippen LogP contribution in [-0.4, -0.2) is 35.9 Å². The molecule has 21 heavy (non-hydrogen) atoms. The molecule has 0 aromatic heterocycles.